The Labute approximate surface area is 121 Å². The van der Waals surface area contributed by atoms with E-state index in [4.69, 9.17) is 23.2 Å². The zero-order chi connectivity index (χ0) is 13.2. The van der Waals surface area contributed by atoms with Crippen LogP contribution in [0.15, 0.2) is 18.2 Å². The number of halogens is 2. The molecule has 1 N–H and O–H groups in total. The summed E-state index contributed by atoms with van der Waals surface area (Å²) in [6, 6.07) is 5.66. The van der Waals surface area contributed by atoms with Crippen molar-refractivity contribution < 1.29 is 0 Å². The zero-order valence-corrected chi connectivity index (χ0v) is 11.9. The van der Waals surface area contributed by atoms with E-state index in [2.05, 4.69) is 20.1 Å². The van der Waals surface area contributed by atoms with Crippen molar-refractivity contribution in [3.63, 3.8) is 0 Å². The lowest BCUT2D eigenvalue weighted by Gasteiger charge is -2.08. The minimum atomic E-state index is 0.587. The largest absolute Gasteiger partial charge is 0.314 e. The first-order valence-electron chi connectivity index (χ1n) is 6.30. The molecule has 0 bridgehead atoms. The number of hydrogen-bond acceptors (Lipinski definition) is 3. The average Bonchev–Trinajstić information content (AvgIpc) is 2.99. The van der Waals surface area contributed by atoms with Crippen molar-refractivity contribution in [1.82, 2.24) is 20.1 Å². The number of benzene rings is 1. The lowest BCUT2D eigenvalue weighted by atomic mass is 10.2. The van der Waals surface area contributed by atoms with Gasteiger partial charge in [0.15, 0.2) is 0 Å². The van der Waals surface area contributed by atoms with E-state index in [0.717, 1.165) is 36.6 Å². The fourth-order valence-electron chi connectivity index (χ4n) is 2.34. The molecule has 6 heteroatoms. The summed E-state index contributed by atoms with van der Waals surface area (Å²) in [5.74, 6) is 2.09. The summed E-state index contributed by atoms with van der Waals surface area (Å²) in [6.07, 6.45) is 2.20. The normalized spacial score (nSPS) is 13.8. The van der Waals surface area contributed by atoms with Crippen LogP contribution in [-0.4, -0.2) is 14.8 Å². The van der Waals surface area contributed by atoms with Crippen molar-refractivity contribution in [1.29, 1.82) is 0 Å². The first-order chi connectivity index (χ1) is 9.25. The quantitative estimate of drug-likeness (QED) is 0.943. The molecular formula is C13H14Cl2N4. The van der Waals surface area contributed by atoms with Crippen LogP contribution in [0.2, 0.25) is 10.0 Å². The van der Waals surface area contributed by atoms with Gasteiger partial charge in [0.2, 0.25) is 0 Å². The van der Waals surface area contributed by atoms with E-state index in [1.165, 1.54) is 0 Å². The topological polar surface area (TPSA) is 42.7 Å². The number of hydrogen-bond donors (Lipinski definition) is 1. The maximum Gasteiger partial charge on any atom is 0.147 e. The van der Waals surface area contributed by atoms with Gasteiger partial charge >= 0.3 is 0 Å². The molecule has 0 radical (unpaired) electrons. The second-order valence-electron chi connectivity index (χ2n) is 4.60. The Morgan fingerprint density at radius 2 is 2.11 bits per heavy atom. The molecular weight excluding hydrogens is 283 g/mol. The van der Waals surface area contributed by atoms with E-state index in [9.17, 15) is 0 Å². The maximum absolute atomic E-state index is 6.14. The van der Waals surface area contributed by atoms with Crippen molar-refractivity contribution in [2.24, 2.45) is 0 Å². The van der Waals surface area contributed by atoms with Gasteiger partial charge in [-0.15, -0.1) is 10.2 Å². The molecule has 0 saturated heterocycles. The van der Waals surface area contributed by atoms with Gasteiger partial charge in [-0.1, -0.05) is 35.3 Å². The fourth-order valence-corrected chi connectivity index (χ4v) is 2.72. The molecule has 2 aromatic rings. The van der Waals surface area contributed by atoms with Crippen LogP contribution in [0.4, 0.5) is 0 Å². The second kappa shape index (κ2) is 5.49. The van der Waals surface area contributed by atoms with E-state index in [-0.39, 0.29) is 0 Å². The molecule has 1 aromatic heterocycles. The van der Waals surface area contributed by atoms with E-state index in [1.54, 1.807) is 6.07 Å². The molecule has 0 saturated carbocycles. The van der Waals surface area contributed by atoms with E-state index >= 15 is 0 Å². The summed E-state index contributed by atoms with van der Waals surface area (Å²) in [7, 11) is 0. The zero-order valence-electron chi connectivity index (χ0n) is 10.4. The van der Waals surface area contributed by atoms with Crippen LogP contribution in [0, 0.1) is 0 Å². The summed E-state index contributed by atoms with van der Waals surface area (Å²) in [6.45, 7) is 2.38. The molecule has 1 aliphatic heterocycles. The standard InChI is InChI=1S/C13H14Cl2N4/c14-10-4-1-3-9(13(10)15)7-16-8-12-18-17-11-5-2-6-19(11)12/h1,3-4,16H,2,5-8H2. The van der Waals surface area contributed by atoms with Gasteiger partial charge in [-0.25, -0.2) is 0 Å². The molecule has 4 nitrogen and oxygen atoms in total. The molecule has 19 heavy (non-hydrogen) atoms. The molecule has 0 fully saturated rings. The lowest BCUT2D eigenvalue weighted by Crippen LogP contribution is -2.16. The van der Waals surface area contributed by atoms with Gasteiger partial charge in [-0.2, -0.15) is 0 Å². The molecule has 0 amide bonds. The van der Waals surface area contributed by atoms with E-state index < -0.39 is 0 Å². The summed E-state index contributed by atoms with van der Waals surface area (Å²) in [4.78, 5) is 0. The first kappa shape index (κ1) is 12.9. The molecule has 3 rings (SSSR count). The van der Waals surface area contributed by atoms with Crippen LogP contribution < -0.4 is 5.32 Å². The third kappa shape index (κ3) is 2.61. The van der Waals surface area contributed by atoms with Gasteiger partial charge in [0.05, 0.1) is 16.6 Å². The number of aromatic nitrogens is 3. The highest BCUT2D eigenvalue weighted by atomic mass is 35.5. The molecule has 1 aromatic carbocycles. The van der Waals surface area contributed by atoms with Crippen molar-refractivity contribution in [2.75, 3.05) is 0 Å². The Morgan fingerprint density at radius 1 is 1.21 bits per heavy atom. The van der Waals surface area contributed by atoms with Crippen molar-refractivity contribution in [2.45, 2.75) is 32.5 Å². The molecule has 1 aliphatic rings. The smallest absolute Gasteiger partial charge is 0.147 e. The molecule has 0 unspecified atom stereocenters. The second-order valence-corrected chi connectivity index (χ2v) is 5.39. The predicted octanol–water partition coefficient (Wildman–Crippen LogP) is 2.82. The molecule has 2 heterocycles. The minimum absolute atomic E-state index is 0.587. The number of rotatable bonds is 4. The Balaban J connectivity index is 1.62. The van der Waals surface area contributed by atoms with Crippen LogP contribution in [0.5, 0.6) is 0 Å². The molecule has 0 atom stereocenters. The van der Waals surface area contributed by atoms with Crippen molar-refractivity contribution >= 4 is 23.2 Å². The number of aryl methyl sites for hydroxylation is 1. The molecule has 0 spiro atoms. The molecule has 100 valence electrons. The third-order valence-corrected chi connectivity index (χ3v) is 4.17. The highest BCUT2D eigenvalue weighted by molar-refractivity contribution is 6.42. The van der Waals surface area contributed by atoms with Crippen LogP contribution >= 0.6 is 23.2 Å². The Kier molecular flexibility index (Phi) is 3.73. The van der Waals surface area contributed by atoms with Gasteiger partial charge in [-0.05, 0) is 18.1 Å². The van der Waals surface area contributed by atoms with Crippen LogP contribution in [0.3, 0.4) is 0 Å². The Morgan fingerprint density at radius 3 is 3.00 bits per heavy atom. The summed E-state index contributed by atoms with van der Waals surface area (Å²) < 4.78 is 2.19. The van der Waals surface area contributed by atoms with Crippen molar-refractivity contribution in [3.05, 3.63) is 45.5 Å². The SMILES string of the molecule is Clc1cccc(CNCc2nnc3n2CCC3)c1Cl. The Hall–Kier alpha value is -1.10. The van der Waals surface area contributed by atoms with Gasteiger partial charge in [-0.3, -0.25) is 0 Å². The van der Waals surface area contributed by atoms with Gasteiger partial charge in [0, 0.05) is 19.5 Å². The third-order valence-electron chi connectivity index (χ3n) is 3.32. The number of fused-ring (bicyclic) bond motifs is 1. The van der Waals surface area contributed by atoms with Gasteiger partial charge in [0.1, 0.15) is 11.6 Å². The lowest BCUT2D eigenvalue weighted by molar-refractivity contribution is 0.610. The van der Waals surface area contributed by atoms with Gasteiger partial charge < -0.3 is 9.88 Å². The van der Waals surface area contributed by atoms with E-state index in [0.29, 0.717) is 23.1 Å². The first-order valence-corrected chi connectivity index (χ1v) is 7.06. The number of nitrogens with one attached hydrogen (secondary N) is 1. The van der Waals surface area contributed by atoms with Crippen LogP contribution in [-0.2, 0) is 26.1 Å². The number of nitrogens with zero attached hydrogens (tertiary/aromatic N) is 3. The predicted molar refractivity (Wildman–Crippen MR) is 75.3 cm³/mol. The summed E-state index contributed by atoms with van der Waals surface area (Å²) in [5.41, 5.74) is 0.996. The fraction of sp³-hybridized carbons (Fsp3) is 0.385. The van der Waals surface area contributed by atoms with Crippen LogP contribution in [0.25, 0.3) is 0 Å². The minimum Gasteiger partial charge on any atom is -0.314 e. The summed E-state index contributed by atoms with van der Waals surface area (Å²) in [5, 5.41) is 12.9. The molecule has 0 aliphatic carbocycles. The maximum atomic E-state index is 6.14. The van der Waals surface area contributed by atoms with Crippen LogP contribution in [0.1, 0.15) is 23.6 Å². The summed E-state index contributed by atoms with van der Waals surface area (Å²) >= 11 is 12.1. The Bertz CT molecular complexity index is 594. The average molecular weight is 297 g/mol. The monoisotopic (exact) mass is 296 g/mol. The van der Waals surface area contributed by atoms with Crippen molar-refractivity contribution in [3.8, 4) is 0 Å². The van der Waals surface area contributed by atoms with E-state index in [1.807, 2.05) is 12.1 Å². The van der Waals surface area contributed by atoms with Gasteiger partial charge in [0.25, 0.3) is 0 Å². The highest BCUT2D eigenvalue weighted by Crippen LogP contribution is 2.25. The highest BCUT2D eigenvalue weighted by Gasteiger charge is 2.16.